The number of benzene rings is 1. The van der Waals surface area contributed by atoms with Crippen LogP contribution in [0.25, 0.3) is 11.1 Å². The number of phenolic OH excluding ortho intramolecular Hbond substituents is 1. The molecule has 0 saturated heterocycles. The van der Waals surface area contributed by atoms with E-state index in [1.807, 2.05) is 0 Å². The summed E-state index contributed by atoms with van der Waals surface area (Å²) in [6.07, 6.45) is 1.35. The molecule has 86 valence electrons. The van der Waals surface area contributed by atoms with Crippen molar-refractivity contribution in [2.24, 2.45) is 0 Å². The number of rotatable bonds is 2. The molecule has 0 aliphatic carbocycles. The minimum Gasteiger partial charge on any atom is -0.507 e. The van der Waals surface area contributed by atoms with Gasteiger partial charge >= 0.3 is 5.82 Å². The maximum atomic E-state index is 10.9. The first-order valence-electron chi connectivity index (χ1n) is 4.68. The molecular weight excluding hydrogens is 288 g/mol. The molecule has 0 saturated carbocycles. The van der Waals surface area contributed by atoms with Crippen LogP contribution < -0.4 is 0 Å². The van der Waals surface area contributed by atoms with Crippen LogP contribution in [0.5, 0.6) is 5.75 Å². The van der Waals surface area contributed by atoms with Crippen LogP contribution in [-0.4, -0.2) is 15.0 Å². The van der Waals surface area contributed by atoms with Gasteiger partial charge in [0.25, 0.3) is 0 Å². The average Bonchev–Trinajstić information content (AvgIpc) is 2.29. The van der Waals surface area contributed by atoms with Crippen LogP contribution in [0.3, 0.4) is 0 Å². The SMILES string of the molecule is O=[N+]([O-])c1ncc(Br)cc1-c1ccccc1O. The second-order valence-electron chi connectivity index (χ2n) is 3.30. The lowest BCUT2D eigenvalue weighted by molar-refractivity contribution is -0.388. The van der Waals surface area contributed by atoms with E-state index >= 15 is 0 Å². The van der Waals surface area contributed by atoms with Gasteiger partial charge in [0, 0.05) is 5.56 Å². The molecule has 0 amide bonds. The van der Waals surface area contributed by atoms with E-state index in [-0.39, 0.29) is 17.1 Å². The molecule has 1 heterocycles. The number of aromatic hydroxyl groups is 1. The summed E-state index contributed by atoms with van der Waals surface area (Å²) < 4.78 is 0.612. The first kappa shape index (κ1) is 11.5. The lowest BCUT2D eigenvalue weighted by Crippen LogP contribution is -1.95. The summed E-state index contributed by atoms with van der Waals surface area (Å²) in [4.78, 5) is 14.0. The van der Waals surface area contributed by atoms with Gasteiger partial charge < -0.3 is 15.2 Å². The third-order valence-corrected chi connectivity index (χ3v) is 2.63. The molecule has 0 aliphatic heterocycles. The predicted molar refractivity (Wildman–Crippen MR) is 65.7 cm³/mol. The Morgan fingerprint density at radius 1 is 1.29 bits per heavy atom. The van der Waals surface area contributed by atoms with Gasteiger partial charge in [0.2, 0.25) is 0 Å². The predicted octanol–water partition coefficient (Wildman–Crippen LogP) is 3.12. The van der Waals surface area contributed by atoms with E-state index in [0.29, 0.717) is 10.0 Å². The largest absolute Gasteiger partial charge is 0.507 e. The summed E-state index contributed by atoms with van der Waals surface area (Å²) in [7, 11) is 0. The topological polar surface area (TPSA) is 76.3 Å². The molecule has 2 aromatic rings. The molecule has 17 heavy (non-hydrogen) atoms. The highest BCUT2D eigenvalue weighted by atomic mass is 79.9. The maximum Gasteiger partial charge on any atom is 0.371 e. The zero-order chi connectivity index (χ0) is 12.4. The molecule has 0 bridgehead atoms. The van der Waals surface area contributed by atoms with Crippen LogP contribution in [0.1, 0.15) is 0 Å². The molecule has 1 aromatic heterocycles. The van der Waals surface area contributed by atoms with Gasteiger partial charge in [0.15, 0.2) is 6.20 Å². The summed E-state index contributed by atoms with van der Waals surface area (Å²) in [6, 6.07) is 7.97. The smallest absolute Gasteiger partial charge is 0.371 e. The van der Waals surface area contributed by atoms with Crippen molar-refractivity contribution in [1.29, 1.82) is 0 Å². The Labute approximate surface area is 105 Å². The Kier molecular flexibility index (Phi) is 3.06. The Hall–Kier alpha value is -1.95. The quantitative estimate of drug-likeness (QED) is 0.682. The van der Waals surface area contributed by atoms with Gasteiger partial charge in [-0.25, -0.2) is 0 Å². The second kappa shape index (κ2) is 4.50. The first-order chi connectivity index (χ1) is 8.09. The van der Waals surface area contributed by atoms with Gasteiger partial charge in [0.1, 0.15) is 5.75 Å². The molecule has 0 radical (unpaired) electrons. The minimum atomic E-state index is -0.575. The molecule has 1 N–H and O–H groups in total. The fourth-order valence-electron chi connectivity index (χ4n) is 1.48. The molecule has 0 aliphatic rings. The molecule has 0 atom stereocenters. The Balaban J connectivity index is 2.70. The molecule has 2 rings (SSSR count). The summed E-state index contributed by atoms with van der Waals surface area (Å²) in [5.74, 6) is -0.301. The van der Waals surface area contributed by atoms with Crippen molar-refractivity contribution in [2.75, 3.05) is 0 Å². The molecule has 0 fully saturated rings. The van der Waals surface area contributed by atoms with E-state index in [1.54, 1.807) is 24.3 Å². The van der Waals surface area contributed by atoms with Crippen molar-refractivity contribution in [2.45, 2.75) is 0 Å². The zero-order valence-corrected chi connectivity index (χ0v) is 10.1. The Morgan fingerprint density at radius 2 is 2.00 bits per heavy atom. The van der Waals surface area contributed by atoms with Crippen LogP contribution in [0.15, 0.2) is 41.0 Å². The highest BCUT2D eigenvalue weighted by Crippen LogP contribution is 2.35. The third kappa shape index (κ3) is 2.26. The van der Waals surface area contributed by atoms with E-state index in [2.05, 4.69) is 20.9 Å². The summed E-state index contributed by atoms with van der Waals surface area (Å²) in [5, 5.41) is 20.6. The summed E-state index contributed by atoms with van der Waals surface area (Å²) in [5.41, 5.74) is 0.662. The van der Waals surface area contributed by atoms with Gasteiger partial charge in [-0.3, -0.25) is 0 Å². The van der Waals surface area contributed by atoms with E-state index < -0.39 is 4.92 Å². The van der Waals surface area contributed by atoms with E-state index in [9.17, 15) is 15.2 Å². The van der Waals surface area contributed by atoms with Crippen LogP contribution in [-0.2, 0) is 0 Å². The van der Waals surface area contributed by atoms with Crippen molar-refractivity contribution in [1.82, 2.24) is 4.98 Å². The molecule has 1 aromatic carbocycles. The monoisotopic (exact) mass is 294 g/mol. The number of hydrogen-bond donors (Lipinski definition) is 1. The number of phenols is 1. The van der Waals surface area contributed by atoms with Crippen molar-refractivity contribution in [3.63, 3.8) is 0 Å². The van der Waals surface area contributed by atoms with Crippen molar-refractivity contribution in [3.05, 3.63) is 51.1 Å². The Bertz CT molecular complexity index is 587. The highest BCUT2D eigenvalue weighted by Gasteiger charge is 2.19. The van der Waals surface area contributed by atoms with Crippen LogP contribution in [0.2, 0.25) is 0 Å². The first-order valence-corrected chi connectivity index (χ1v) is 5.47. The molecule has 0 unspecified atom stereocenters. The molecule has 0 spiro atoms. The fourth-order valence-corrected chi connectivity index (χ4v) is 1.81. The molecular formula is C11H7BrN2O3. The minimum absolute atomic E-state index is 0.0181. The van der Waals surface area contributed by atoms with Gasteiger partial charge in [-0.1, -0.05) is 18.2 Å². The number of nitrogens with zero attached hydrogens (tertiary/aromatic N) is 2. The number of pyridine rings is 1. The fraction of sp³-hybridized carbons (Fsp3) is 0. The van der Waals surface area contributed by atoms with Gasteiger partial charge in [-0.2, -0.15) is 0 Å². The maximum absolute atomic E-state index is 10.9. The van der Waals surface area contributed by atoms with Crippen LogP contribution >= 0.6 is 15.9 Å². The average molecular weight is 295 g/mol. The zero-order valence-electron chi connectivity index (χ0n) is 8.50. The highest BCUT2D eigenvalue weighted by molar-refractivity contribution is 9.10. The lowest BCUT2D eigenvalue weighted by atomic mass is 10.1. The van der Waals surface area contributed by atoms with Crippen molar-refractivity contribution < 1.29 is 10.0 Å². The van der Waals surface area contributed by atoms with Crippen molar-refractivity contribution >= 4 is 21.7 Å². The molecule has 6 heteroatoms. The van der Waals surface area contributed by atoms with Gasteiger partial charge in [-0.15, -0.1) is 0 Å². The normalized spacial score (nSPS) is 10.2. The number of nitro groups is 1. The van der Waals surface area contributed by atoms with E-state index in [1.165, 1.54) is 12.3 Å². The summed E-state index contributed by atoms with van der Waals surface area (Å²) in [6.45, 7) is 0. The van der Waals surface area contributed by atoms with Crippen molar-refractivity contribution in [3.8, 4) is 16.9 Å². The lowest BCUT2D eigenvalue weighted by Gasteiger charge is -2.05. The van der Waals surface area contributed by atoms with Crippen LogP contribution in [0.4, 0.5) is 5.82 Å². The second-order valence-corrected chi connectivity index (χ2v) is 4.21. The number of para-hydroxylation sites is 1. The third-order valence-electron chi connectivity index (χ3n) is 2.20. The Morgan fingerprint density at radius 3 is 2.65 bits per heavy atom. The number of aromatic nitrogens is 1. The summed E-state index contributed by atoms with van der Waals surface area (Å²) >= 11 is 3.20. The molecule has 5 nitrogen and oxygen atoms in total. The van der Waals surface area contributed by atoms with Gasteiger partial charge in [0.05, 0.1) is 10.0 Å². The number of hydrogen-bond acceptors (Lipinski definition) is 4. The van der Waals surface area contributed by atoms with Gasteiger partial charge in [-0.05, 0) is 38.0 Å². The van der Waals surface area contributed by atoms with E-state index in [0.717, 1.165) is 0 Å². The standard InChI is InChI=1S/C11H7BrN2O3/c12-7-5-9(11(13-6-7)14(16)17)8-3-1-2-4-10(8)15/h1-6,15H. The number of halogens is 1. The van der Waals surface area contributed by atoms with Crippen LogP contribution in [0, 0.1) is 10.1 Å². The van der Waals surface area contributed by atoms with E-state index in [4.69, 9.17) is 0 Å².